The van der Waals surface area contributed by atoms with Crippen molar-refractivity contribution in [1.29, 1.82) is 0 Å². The number of halogens is 1. The van der Waals surface area contributed by atoms with Crippen LogP contribution >= 0.6 is 0 Å². The molecular weight excluding hydrogens is 369 g/mol. The van der Waals surface area contributed by atoms with Crippen LogP contribution in [0.3, 0.4) is 0 Å². The van der Waals surface area contributed by atoms with E-state index >= 15 is 0 Å². The van der Waals surface area contributed by atoms with Gasteiger partial charge in [0.05, 0.1) is 18.4 Å². The van der Waals surface area contributed by atoms with Crippen LogP contribution in [0.5, 0.6) is 5.75 Å². The number of hydrogen-bond acceptors (Lipinski definition) is 3. The normalized spacial score (nSPS) is 10.6. The number of hydrogen-bond donors (Lipinski definition) is 1. The predicted octanol–water partition coefficient (Wildman–Crippen LogP) is 4.94. The van der Waals surface area contributed by atoms with E-state index in [9.17, 15) is 9.18 Å². The van der Waals surface area contributed by atoms with Gasteiger partial charge in [-0.05, 0) is 54.6 Å². The second-order valence-electron chi connectivity index (χ2n) is 6.36. The Bertz CT molecular complexity index is 1140. The topological polar surface area (TPSA) is 56.2 Å². The van der Waals surface area contributed by atoms with E-state index in [0.29, 0.717) is 22.7 Å². The molecule has 1 N–H and O–H groups in total. The molecule has 4 aromatic rings. The molecule has 5 nitrogen and oxygen atoms in total. The number of amides is 1. The Labute approximate surface area is 167 Å². The van der Waals surface area contributed by atoms with E-state index in [0.717, 1.165) is 11.3 Å². The van der Waals surface area contributed by atoms with Gasteiger partial charge in [-0.1, -0.05) is 24.3 Å². The first kappa shape index (κ1) is 18.4. The minimum atomic E-state index is -0.418. The summed E-state index contributed by atoms with van der Waals surface area (Å²) < 4.78 is 20.3. The number of benzene rings is 3. The minimum absolute atomic E-state index is 0.372. The molecule has 0 radical (unpaired) electrons. The second kappa shape index (κ2) is 7.98. The molecule has 4 rings (SSSR count). The lowest BCUT2D eigenvalue weighted by Crippen LogP contribution is -2.12. The van der Waals surface area contributed by atoms with Gasteiger partial charge >= 0.3 is 0 Å². The number of methoxy groups -OCH3 is 1. The molecule has 0 aliphatic rings. The Balaban J connectivity index is 1.75. The summed E-state index contributed by atoms with van der Waals surface area (Å²) in [7, 11) is 1.59. The largest absolute Gasteiger partial charge is 0.497 e. The molecule has 1 amide bonds. The van der Waals surface area contributed by atoms with E-state index in [4.69, 9.17) is 4.74 Å². The monoisotopic (exact) mass is 387 g/mol. The first-order valence-electron chi connectivity index (χ1n) is 9.00. The quantitative estimate of drug-likeness (QED) is 0.528. The van der Waals surface area contributed by atoms with Gasteiger partial charge in [-0.25, -0.2) is 9.07 Å². The number of ether oxygens (including phenoxy) is 1. The fraction of sp³-hybridized carbons (Fsp3) is 0.0435. The Kier molecular flexibility index (Phi) is 5.07. The number of carbonyl (C=O) groups is 1. The fourth-order valence-electron chi connectivity index (χ4n) is 2.98. The standard InChI is InChI=1S/C23H18FN3O2/c1-29-20-12-10-16(11-13-20)22-21(15-27(26-22)19-8-3-2-4-9-19)23(28)25-18-7-5-6-17(24)14-18/h2-15H,1H3,(H,25,28). The van der Waals surface area contributed by atoms with Crippen molar-refractivity contribution in [2.75, 3.05) is 12.4 Å². The maximum atomic E-state index is 13.5. The molecule has 0 saturated heterocycles. The minimum Gasteiger partial charge on any atom is -0.497 e. The number of anilines is 1. The Morgan fingerprint density at radius 2 is 1.76 bits per heavy atom. The summed E-state index contributed by atoms with van der Waals surface area (Å²) in [6.07, 6.45) is 1.67. The third-order valence-electron chi connectivity index (χ3n) is 4.43. The average molecular weight is 387 g/mol. The van der Waals surface area contributed by atoms with Crippen LogP contribution in [0.25, 0.3) is 16.9 Å². The molecule has 0 atom stereocenters. The van der Waals surface area contributed by atoms with Crippen molar-refractivity contribution in [3.05, 3.63) is 96.4 Å². The van der Waals surface area contributed by atoms with Crippen LogP contribution in [0.2, 0.25) is 0 Å². The zero-order valence-electron chi connectivity index (χ0n) is 15.7. The molecule has 0 fully saturated rings. The van der Waals surface area contributed by atoms with Crippen LogP contribution in [0.1, 0.15) is 10.4 Å². The van der Waals surface area contributed by atoms with Gasteiger partial charge in [-0.2, -0.15) is 5.10 Å². The maximum Gasteiger partial charge on any atom is 0.259 e. The van der Waals surface area contributed by atoms with Crippen molar-refractivity contribution in [3.8, 4) is 22.7 Å². The Hall–Kier alpha value is -3.93. The molecule has 0 bridgehead atoms. The van der Waals surface area contributed by atoms with Crippen LogP contribution in [0, 0.1) is 5.82 Å². The van der Waals surface area contributed by atoms with E-state index in [1.807, 2.05) is 54.6 Å². The van der Waals surface area contributed by atoms with E-state index < -0.39 is 5.82 Å². The summed E-state index contributed by atoms with van der Waals surface area (Å²) in [4.78, 5) is 13.0. The average Bonchev–Trinajstić information content (AvgIpc) is 3.20. The molecule has 6 heteroatoms. The fourth-order valence-corrected chi connectivity index (χ4v) is 2.98. The van der Waals surface area contributed by atoms with Gasteiger partial charge in [0.1, 0.15) is 17.3 Å². The number of nitrogens with one attached hydrogen (secondary N) is 1. The highest BCUT2D eigenvalue weighted by molar-refractivity contribution is 6.08. The smallest absolute Gasteiger partial charge is 0.259 e. The van der Waals surface area contributed by atoms with Crippen molar-refractivity contribution < 1.29 is 13.9 Å². The third kappa shape index (κ3) is 4.01. The van der Waals surface area contributed by atoms with Gasteiger partial charge in [-0.15, -0.1) is 0 Å². The molecule has 0 unspecified atom stereocenters. The van der Waals surface area contributed by atoms with E-state index in [2.05, 4.69) is 10.4 Å². The van der Waals surface area contributed by atoms with Gasteiger partial charge in [-0.3, -0.25) is 4.79 Å². The highest BCUT2D eigenvalue weighted by atomic mass is 19.1. The molecule has 3 aromatic carbocycles. The highest BCUT2D eigenvalue weighted by Crippen LogP contribution is 2.26. The van der Waals surface area contributed by atoms with Crippen molar-refractivity contribution in [2.45, 2.75) is 0 Å². The maximum absolute atomic E-state index is 13.5. The van der Waals surface area contributed by atoms with Crippen molar-refractivity contribution in [2.24, 2.45) is 0 Å². The van der Waals surface area contributed by atoms with Crippen LogP contribution < -0.4 is 10.1 Å². The predicted molar refractivity (Wildman–Crippen MR) is 110 cm³/mol. The third-order valence-corrected chi connectivity index (χ3v) is 4.43. The summed E-state index contributed by atoms with van der Waals surface area (Å²) in [5, 5.41) is 7.37. The second-order valence-corrected chi connectivity index (χ2v) is 6.36. The van der Waals surface area contributed by atoms with Crippen LogP contribution in [0.4, 0.5) is 10.1 Å². The van der Waals surface area contributed by atoms with Crippen molar-refractivity contribution in [1.82, 2.24) is 9.78 Å². The van der Waals surface area contributed by atoms with E-state index in [-0.39, 0.29) is 5.91 Å². The molecule has 29 heavy (non-hydrogen) atoms. The van der Waals surface area contributed by atoms with E-state index in [1.165, 1.54) is 12.1 Å². The van der Waals surface area contributed by atoms with Gasteiger partial charge in [0, 0.05) is 17.4 Å². The first-order chi connectivity index (χ1) is 14.1. The highest BCUT2D eigenvalue weighted by Gasteiger charge is 2.19. The molecule has 0 saturated carbocycles. The van der Waals surface area contributed by atoms with Gasteiger partial charge in [0.15, 0.2) is 0 Å². The summed E-state index contributed by atoms with van der Waals surface area (Å²) in [5.41, 5.74) is 2.87. The van der Waals surface area contributed by atoms with Crippen LogP contribution in [-0.2, 0) is 0 Å². The number of para-hydroxylation sites is 1. The first-order valence-corrected chi connectivity index (χ1v) is 9.00. The Morgan fingerprint density at radius 3 is 2.45 bits per heavy atom. The van der Waals surface area contributed by atoms with Crippen molar-refractivity contribution >= 4 is 11.6 Å². The summed E-state index contributed by atoms with van der Waals surface area (Å²) in [6.45, 7) is 0. The lowest BCUT2D eigenvalue weighted by molar-refractivity contribution is 0.102. The number of aromatic nitrogens is 2. The molecule has 0 aliphatic carbocycles. The SMILES string of the molecule is COc1ccc(-c2nn(-c3ccccc3)cc2C(=O)Nc2cccc(F)c2)cc1. The lowest BCUT2D eigenvalue weighted by atomic mass is 10.1. The lowest BCUT2D eigenvalue weighted by Gasteiger charge is -2.06. The van der Waals surface area contributed by atoms with Gasteiger partial charge in [0.2, 0.25) is 0 Å². The molecule has 1 heterocycles. The molecule has 144 valence electrons. The number of rotatable bonds is 5. The van der Waals surface area contributed by atoms with Crippen LogP contribution in [-0.4, -0.2) is 22.8 Å². The molecule has 0 aliphatic heterocycles. The summed E-state index contributed by atoms with van der Waals surface area (Å²) in [6, 6.07) is 22.6. The number of carbonyl (C=O) groups excluding carboxylic acids is 1. The van der Waals surface area contributed by atoms with Gasteiger partial charge in [0.25, 0.3) is 5.91 Å². The summed E-state index contributed by atoms with van der Waals surface area (Å²) in [5.74, 6) is -0.0798. The summed E-state index contributed by atoms with van der Waals surface area (Å²) >= 11 is 0. The van der Waals surface area contributed by atoms with Gasteiger partial charge < -0.3 is 10.1 Å². The van der Waals surface area contributed by atoms with Crippen LogP contribution in [0.15, 0.2) is 85.1 Å². The molecule has 1 aromatic heterocycles. The van der Waals surface area contributed by atoms with E-state index in [1.54, 1.807) is 30.1 Å². The van der Waals surface area contributed by atoms with Crippen molar-refractivity contribution in [3.63, 3.8) is 0 Å². The zero-order valence-corrected chi connectivity index (χ0v) is 15.7. The molecular formula is C23H18FN3O2. The zero-order chi connectivity index (χ0) is 20.2. The Morgan fingerprint density at radius 1 is 1.00 bits per heavy atom. The molecule has 0 spiro atoms. The number of nitrogens with zero attached hydrogens (tertiary/aromatic N) is 2.